The lowest BCUT2D eigenvalue weighted by Gasteiger charge is -2.38. The van der Waals surface area contributed by atoms with Gasteiger partial charge in [-0.1, -0.05) is 30.3 Å². The predicted molar refractivity (Wildman–Crippen MR) is 139 cm³/mol. The molecule has 0 bridgehead atoms. The Balaban J connectivity index is 1.41. The van der Waals surface area contributed by atoms with Crippen LogP contribution in [0.25, 0.3) is 0 Å². The molecule has 5 rings (SSSR count). The molecule has 2 N–H and O–H groups in total. The van der Waals surface area contributed by atoms with Crippen LogP contribution >= 0.6 is 0 Å². The van der Waals surface area contributed by atoms with Crippen molar-refractivity contribution in [2.45, 2.75) is 32.8 Å². The Labute approximate surface area is 210 Å². The van der Waals surface area contributed by atoms with E-state index < -0.39 is 0 Å². The third-order valence-electron chi connectivity index (χ3n) is 6.16. The quantitative estimate of drug-likeness (QED) is 0.322. The monoisotopic (exact) mass is 483 g/mol. The number of fused-ring (bicyclic) bond motifs is 1. The Morgan fingerprint density at radius 3 is 2.78 bits per heavy atom. The predicted octanol–water partition coefficient (Wildman–Crippen LogP) is 5.95. The Morgan fingerprint density at radius 1 is 1.08 bits per heavy atom. The van der Waals surface area contributed by atoms with Crippen LogP contribution in [0.4, 0.5) is 11.4 Å². The smallest absolute Gasteiger partial charge is 0.221 e. The van der Waals surface area contributed by atoms with Gasteiger partial charge in [-0.25, -0.2) is 0 Å². The third-order valence-corrected chi connectivity index (χ3v) is 6.16. The Hall–Kier alpha value is -4.23. The average molecular weight is 484 g/mol. The molecular formula is C29H29N3O4. The lowest BCUT2D eigenvalue weighted by Crippen LogP contribution is -2.37. The second kappa shape index (κ2) is 10.6. The van der Waals surface area contributed by atoms with Crippen molar-refractivity contribution in [1.82, 2.24) is 4.90 Å². The highest BCUT2D eigenvalue weighted by molar-refractivity contribution is 5.88. The lowest BCUT2D eigenvalue weighted by molar-refractivity contribution is -0.114. The van der Waals surface area contributed by atoms with Gasteiger partial charge in [0.05, 0.1) is 19.9 Å². The molecule has 3 aromatic carbocycles. The fourth-order valence-corrected chi connectivity index (χ4v) is 4.50. The van der Waals surface area contributed by atoms with E-state index in [2.05, 4.69) is 45.9 Å². The van der Waals surface area contributed by atoms with Gasteiger partial charge in [0.1, 0.15) is 30.0 Å². The van der Waals surface area contributed by atoms with Gasteiger partial charge in [0.15, 0.2) is 0 Å². The van der Waals surface area contributed by atoms with Gasteiger partial charge < -0.3 is 24.5 Å². The molecule has 0 aliphatic carbocycles. The first kappa shape index (κ1) is 23.5. The van der Waals surface area contributed by atoms with Gasteiger partial charge in [-0.15, -0.1) is 0 Å². The summed E-state index contributed by atoms with van der Waals surface area (Å²) in [6.45, 7) is 3.27. The number of carbonyl (C=O) groups excluding carboxylic acids is 1. The summed E-state index contributed by atoms with van der Waals surface area (Å²) in [7, 11) is 1.66. The molecule has 0 saturated carbocycles. The minimum atomic E-state index is -0.123. The average Bonchev–Trinajstić information content (AvgIpc) is 3.40. The zero-order valence-corrected chi connectivity index (χ0v) is 20.4. The van der Waals surface area contributed by atoms with Crippen molar-refractivity contribution >= 4 is 17.3 Å². The maximum Gasteiger partial charge on any atom is 0.221 e. The number of methoxy groups -OCH3 is 1. The fourth-order valence-electron chi connectivity index (χ4n) is 4.50. The SMILES string of the molecule is COc1ccc(C2Nc3ccccc3CN2Cc2ccco2)cc1COc1cccc(NC(C)=O)c1. The lowest BCUT2D eigenvalue weighted by atomic mass is 10.0. The van der Waals surface area contributed by atoms with Crippen molar-refractivity contribution in [2.24, 2.45) is 0 Å². The van der Waals surface area contributed by atoms with E-state index in [9.17, 15) is 4.79 Å². The molecule has 1 aliphatic rings. The summed E-state index contributed by atoms with van der Waals surface area (Å²) in [5.41, 5.74) is 5.10. The van der Waals surface area contributed by atoms with Gasteiger partial charge in [-0.05, 0) is 53.6 Å². The fraction of sp³-hybridized carbons (Fsp3) is 0.207. The van der Waals surface area contributed by atoms with Crippen molar-refractivity contribution in [3.8, 4) is 11.5 Å². The largest absolute Gasteiger partial charge is 0.496 e. The second-order valence-electron chi connectivity index (χ2n) is 8.76. The Bertz CT molecular complexity index is 1340. The molecule has 7 nitrogen and oxygen atoms in total. The molecule has 0 spiro atoms. The van der Waals surface area contributed by atoms with Crippen molar-refractivity contribution in [3.05, 3.63) is 108 Å². The van der Waals surface area contributed by atoms with Gasteiger partial charge in [0.25, 0.3) is 0 Å². The van der Waals surface area contributed by atoms with Crippen LogP contribution in [0.2, 0.25) is 0 Å². The maximum absolute atomic E-state index is 11.4. The van der Waals surface area contributed by atoms with Crippen LogP contribution in [0.3, 0.4) is 0 Å². The normalized spacial score (nSPS) is 15.0. The van der Waals surface area contributed by atoms with E-state index in [0.717, 1.165) is 34.9 Å². The molecule has 1 aromatic heterocycles. The van der Waals surface area contributed by atoms with E-state index in [1.807, 2.05) is 48.5 Å². The van der Waals surface area contributed by atoms with E-state index >= 15 is 0 Å². The van der Waals surface area contributed by atoms with Crippen LogP contribution in [0.15, 0.2) is 89.5 Å². The van der Waals surface area contributed by atoms with Crippen molar-refractivity contribution in [2.75, 3.05) is 17.7 Å². The Kier molecular flexibility index (Phi) is 6.91. The first-order chi connectivity index (χ1) is 17.6. The molecule has 1 aliphatic heterocycles. The molecule has 1 amide bonds. The standard InChI is InChI=1S/C29H29N3O4/c1-20(33)30-24-8-5-9-25(16-24)36-19-23-15-21(12-13-28(23)34-2)29-31-27-11-4-3-7-22(27)17-32(29)18-26-10-6-14-35-26/h3-16,29,31H,17-19H2,1-2H3,(H,30,33). The molecule has 0 fully saturated rings. The van der Waals surface area contributed by atoms with Gasteiger partial charge in [0, 0.05) is 36.5 Å². The first-order valence-corrected chi connectivity index (χ1v) is 11.9. The summed E-state index contributed by atoms with van der Waals surface area (Å²) < 4.78 is 17.4. The number of ether oxygens (including phenoxy) is 2. The summed E-state index contributed by atoms with van der Waals surface area (Å²) in [4.78, 5) is 13.7. The number of hydrogen-bond acceptors (Lipinski definition) is 6. The summed E-state index contributed by atoms with van der Waals surface area (Å²) >= 11 is 0. The number of carbonyl (C=O) groups is 1. The minimum Gasteiger partial charge on any atom is -0.496 e. The molecule has 184 valence electrons. The highest BCUT2D eigenvalue weighted by Crippen LogP contribution is 2.36. The van der Waals surface area contributed by atoms with Crippen LogP contribution in [0.5, 0.6) is 11.5 Å². The second-order valence-corrected chi connectivity index (χ2v) is 8.76. The number of para-hydroxylation sites is 1. The van der Waals surface area contributed by atoms with Gasteiger partial charge >= 0.3 is 0 Å². The van der Waals surface area contributed by atoms with E-state index in [1.165, 1.54) is 12.5 Å². The van der Waals surface area contributed by atoms with Gasteiger partial charge in [0.2, 0.25) is 5.91 Å². The zero-order valence-electron chi connectivity index (χ0n) is 20.4. The molecule has 0 saturated heterocycles. The molecule has 0 radical (unpaired) electrons. The molecule has 7 heteroatoms. The topological polar surface area (TPSA) is 76.0 Å². The van der Waals surface area contributed by atoms with Crippen LogP contribution < -0.4 is 20.1 Å². The Morgan fingerprint density at radius 2 is 1.97 bits per heavy atom. The number of nitrogens with one attached hydrogen (secondary N) is 2. The highest BCUT2D eigenvalue weighted by Gasteiger charge is 2.28. The number of anilines is 2. The van der Waals surface area contributed by atoms with Crippen LogP contribution in [0, 0.1) is 0 Å². The molecule has 4 aromatic rings. The van der Waals surface area contributed by atoms with Crippen molar-refractivity contribution in [3.63, 3.8) is 0 Å². The third kappa shape index (κ3) is 5.37. The molecule has 1 atom stereocenters. The maximum atomic E-state index is 11.4. The molecule has 2 heterocycles. The van der Waals surface area contributed by atoms with E-state index in [1.54, 1.807) is 13.4 Å². The number of amides is 1. The molecule has 36 heavy (non-hydrogen) atoms. The van der Waals surface area contributed by atoms with Crippen LogP contribution in [-0.4, -0.2) is 17.9 Å². The summed E-state index contributed by atoms with van der Waals surface area (Å²) in [6.07, 6.45) is 1.65. The number of rotatable bonds is 8. The van der Waals surface area contributed by atoms with E-state index in [0.29, 0.717) is 24.6 Å². The van der Waals surface area contributed by atoms with E-state index in [4.69, 9.17) is 13.9 Å². The summed E-state index contributed by atoms with van der Waals surface area (Å²) in [5.74, 6) is 2.21. The molecule has 1 unspecified atom stereocenters. The van der Waals surface area contributed by atoms with Crippen LogP contribution in [-0.2, 0) is 24.5 Å². The van der Waals surface area contributed by atoms with Crippen molar-refractivity contribution < 1.29 is 18.7 Å². The van der Waals surface area contributed by atoms with Crippen LogP contribution in [0.1, 0.15) is 35.5 Å². The number of hydrogen-bond donors (Lipinski definition) is 2. The highest BCUT2D eigenvalue weighted by atomic mass is 16.5. The van der Waals surface area contributed by atoms with Gasteiger partial charge in [-0.2, -0.15) is 0 Å². The van der Waals surface area contributed by atoms with Gasteiger partial charge in [-0.3, -0.25) is 9.69 Å². The zero-order chi connectivity index (χ0) is 24.9. The number of furan rings is 1. The van der Waals surface area contributed by atoms with E-state index in [-0.39, 0.29) is 12.1 Å². The minimum absolute atomic E-state index is 0.0576. The van der Waals surface area contributed by atoms with Crippen molar-refractivity contribution in [1.29, 1.82) is 0 Å². The number of nitrogens with zero attached hydrogens (tertiary/aromatic N) is 1. The molecular weight excluding hydrogens is 454 g/mol. The summed E-state index contributed by atoms with van der Waals surface area (Å²) in [6, 6.07) is 25.8. The summed E-state index contributed by atoms with van der Waals surface area (Å²) in [5, 5.41) is 6.49. The first-order valence-electron chi connectivity index (χ1n) is 11.9. The number of benzene rings is 3.